The van der Waals surface area contributed by atoms with Crippen LogP contribution >= 0.6 is 39.1 Å². The fourth-order valence-electron chi connectivity index (χ4n) is 2.32. The molecule has 0 saturated heterocycles. The van der Waals surface area contributed by atoms with Gasteiger partial charge in [0.1, 0.15) is 0 Å². The van der Waals surface area contributed by atoms with E-state index < -0.39 is 11.0 Å². The van der Waals surface area contributed by atoms with Gasteiger partial charge in [-0.1, -0.05) is 29.3 Å². The van der Waals surface area contributed by atoms with Gasteiger partial charge in [0.15, 0.2) is 5.82 Å². The van der Waals surface area contributed by atoms with Gasteiger partial charge in [0, 0.05) is 24.0 Å². The molecule has 0 radical (unpaired) electrons. The standard InChI is InChI=1S/C17H12BrCl2N5O3/c18-13-9-24(8-10-1-6-14(19)15(20)7-10)23-16(13)22-17(26)21-11-2-4-12(5-3-11)25(27)28/h1-7,9H,8H2,(H2,21,22,23,26). The van der Waals surface area contributed by atoms with E-state index in [0.29, 0.717) is 32.6 Å². The number of urea groups is 1. The van der Waals surface area contributed by atoms with Crippen LogP contribution in [0.3, 0.4) is 0 Å². The molecule has 1 aromatic heterocycles. The number of carbonyl (C=O) groups excluding carboxylic acids is 1. The monoisotopic (exact) mass is 483 g/mol. The van der Waals surface area contributed by atoms with Gasteiger partial charge in [0.05, 0.1) is 26.0 Å². The molecule has 28 heavy (non-hydrogen) atoms. The lowest BCUT2D eigenvalue weighted by molar-refractivity contribution is -0.384. The zero-order valence-corrected chi connectivity index (χ0v) is 17.1. The van der Waals surface area contributed by atoms with Gasteiger partial charge in [0.2, 0.25) is 0 Å². The summed E-state index contributed by atoms with van der Waals surface area (Å²) in [5, 5.41) is 21.1. The Morgan fingerprint density at radius 2 is 1.86 bits per heavy atom. The van der Waals surface area contributed by atoms with E-state index in [1.807, 2.05) is 6.07 Å². The van der Waals surface area contributed by atoms with Gasteiger partial charge in [-0.05, 0) is 45.8 Å². The Morgan fingerprint density at radius 1 is 1.14 bits per heavy atom. The highest BCUT2D eigenvalue weighted by molar-refractivity contribution is 9.10. The zero-order valence-electron chi connectivity index (χ0n) is 14.0. The van der Waals surface area contributed by atoms with Crippen LogP contribution < -0.4 is 10.6 Å². The maximum absolute atomic E-state index is 12.1. The number of hydrogen-bond acceptors (Lipinski definition) is 4. The summed E-state index contributed by atoms with van der Waals surface area (Å²) in [4.78, 5) is 22.3. The quantitative estimate of drug-likeness (QED) is 0.366. The number of carbonyl (C=O) groups is 1. The van der Waals surface area contributed by atoms with Crippen LogP contribution in [0.1, 0.15) is 5.56 Å². The molecule has 1 heterocycles. The highest BCUT2D eigenvalue weighted by atomic mass is 79.9. The van der Waals surface area contributed by atoms with Gasteiger partial charge < -0.3 is 5.32 Å². The van der Waals surface area contributed by atoms with Crippen molar-refractivity contribution in [1.82, 2.24) is 9.78 Å². The van der Waals surface area contributed by atoms with Crippen LogP contribution in [0.5, 0.6) is 0 Å². The van der Waals surface area contributed by atoms with Gasteiger partial charge in [-0.2, -0.15) is 5.10 Å². The molecule has 0 aliphatic rings. The van der Waals surface area contributed by atoms with Gasteiger partial charge in [-0.3, -0.25) is 20.1 Å². The third-order valence-electron chi connectivity index (χ3n) is 3.61. The predicted molar refractivity (Wildman–Crippen MR) is 111 cm³/mol. The van der Waals surface area contributed by atoms with Crippen molar-refractivity contribution in [1.29, 1.82) is 0 Å². The number of anilines is 2. The lowest BCUT2D eigenvalue weighted by Crippen LogP contribution is -2.20. The van der Waals surface area contributed by atoms with Gasteiger partial charge in [0.25, 0.3) is 5.69 Å². The summed E-state index contributed by atoms with van der Waals surface area (Å²) in [6, 6.07) is 10.2. The maximum Gasteiger partial charge on any atom is 0.324 e. The molecule has 144 valence electrons. The minimum absolute atomic E-state index is 0.0604. The molecule has 2 N–H and O–H groups in total. The SMILES string of the molecule is O=C(Nc1ccc([N+](=O)[O-])cc1)Nc1nn(Cc2ccc(Cl)c(Cl)c2)cc1Br. The molecule has 3 aromatic rings. The fourth-order valence-corrected chi connectivity index (χ4v) is 3.06. The van der Waals surface area contributed by atoms with Crippen LogP contribution in [-0.4, -0.2) is 20.7 Å². The normalized spacial score (nSPS) is 10.5. The van der Waals surface area contributed by atoms with E-state index in [1.54, 1.807) is 23.0 Å². The molecular weight excluding hydrogens is 473 g/mol. The number of amides is 2. The number of nitrogens with zero attached hydrogens (tertiary/aromatic N) is 3. The molecule has 0 unspecified atom stereocenters. The highest BCUT2D eigenvalue weighted by Crippen LogP contribution is 2.25. The molecule has 0 aliphatic heterocycles. The van der Waals surface area contributed by atoms with Crippen molar-refractivity contribution in [3.8, 4) is 0 Å². The average Bonchev–Trinajstić information content (AvgIpc) is 2.97. The number of hydrogen-bond donors (Lipinski definition) is 2. The predicted octanol–water partition coefficient (Wildman–Crippen LogP) is 5.55. The molecule has 0 bridgehead atoms. The summed E-state index contributed by atoms with van der Waals surface area (Å²) < 4.78 is 2.22. The molecule has 2 aromatic carbocycles. The number of nitro benzene ring substituents is 1. The summed E-state index contributed by atoms with van der Waals surface area (Å²) in [6.07, 6.45) is 1.71. The summed E-state index contributed by atoms with van der Waals surface area (Å²) >= 11 is 15.3. The number of non-ortho nitro benzene ring substituents is 1. The van der Waals surface area contributed by atoms with Crippen molar-refractivity contribution in [2.45, 2.75) is 6.54 Å². The van der Waals surface area contributed by atoms with Crippen molar-refractivity contribution in [2.75, 3.05) is 10.6 Å². The van der Waals surface area contributed by atoms with Crippen LogP contribution in [0.25, 0.3) is 0 Å². The van der Waals surface area contributed by atoms with E-state index in [-0.39, 0.29) is 5.69 Å². The van der Waals surface area contributed by atoms with Gasteiger partial charge in [-0.15, -0.1) is 0 Å². The maximum atomic E-state index is 12.1. The first-order valence-electron chi connectivity index (χ1n) is 7.81. The summed E-state index contributed by atoms with van der Waals surface area (Å²) in [5.74, 6) is 0.319. The largest absolute Gasteiger partial charge is 0.324 e. The molecule has 0 saturated carbocycles. The number of rotatable bonds is 5. The number of nitrogens with one attached hydrogen (secondary N) is 2. The lowest BCUT2D eigenvalue weighted by Gasteiger charge is -2.06. The Hall–Kier alpha value is -2.62. The Balaban J connectivity index is 1.64. The van der Waals surface area contributed by atoms with Crippen LogP contribution in [0.4, 0.5) is 22.0 Å². The van der Waals surface area contributed by atoms with Crippen molar-refractivity contribution in [3.05, 3.63) is 78.9 Å². The van der Waals surface area contributed by atoms with E-state index in [2.05, 4.69) is 31.7 Å². The van der Waals surface area contributed by atoms with Crippen LogP contribution in [-0.2, 0) is 6.54 Å². The molecule has 0 fully saturated rings. The first kappa shape index (κ1) is 20.1. The van der Waals surface area contributed by atoms with E-state index >= 15 is 0 Å². The number of aromatic nitrogens is 2. The van der Waals surface area contributed by atoms with Crippen LogP contribution in [0.15, 0.2) is 53.1 Å². The summed E-state index contributed by atoms with van der Waals surface area (Å²) in [5.41, 5.74) is 1.25. The first-order valence-corrected chi connectivity index (χ1v) is 9.36. The van der Waals surface area contributed by atoms with Crippen molar-refractivity contribution >= 4 is 62.4 Å². The average molecular weight is 485 g/mol. The van der Waals surface area contributed by atoms with E-state index in [1.165, 1.54) is 24.3 Å². The number of halogens is 3. The van der Waals surface area contributed by atoms with Gasteiger partial charge >= 0.3 is 6.03 Å². The molecule has 8 nitrogen and oxygen atoms in total. The smallest absolute Gasteiger partial charge is 0.308 e. The second-order valence-electron chi connectivity index (χ2n) is 5.65. The van der Waals surface area contributed by atoms with E-state index in [0.717, 1.165) is 5.56 Å². The Bertz CT molecular complexity index is 1040. The molecule has 11 heteroatoms. The second kappa shape index (κ2) is 8.59. The fraction of sp³-hybridized carbons (Fsp3) is 0.0588. The Morgan fingerprint density at radius 3 is 2.50 bits per heavy atom. The summed E-state index contributed by atoms with van der Waals surface area (Å²) in [6.45, 7) is 0.432. The lowest BCUT2D eigenvalue weighted by atomic mass is 10.2. The minimum Gasteiger partial charge on any atom is -0.308 e. The Kier molecular flexibility index (Phi) is 6.18. The van der Waals surface area contributed by atoms with Crippen LogP contribution in [0, 0.1) is 10.1 Å². The summed E-state index contributed by atoms with van der Waals surface area (Å²) in [7, 11) is 0. The van der Waals surface area contributed by atoms with Crippen LogP contribution in [0.2, 0.25) is 10.0 Å². The molecular formula is C17H12BrCl2N5O3. The third kappa shape index (κ3) is 5.00. The van der Waals surface area contributed by atoms with Crippen molar-refractivity contribution < 1.29 is 9.72 Å². The molecule has 2 amide bonds. The molecule has 3 rings (SSSR count). The highest BCUT2D eigenvalue weighted by Gasteiger charge is 2.12. The molecule has 0 atom stereocenters. The van der Waals surface area contributed by atoms with E-state index in [4.69, 9.17) is 23.2 Å². The molecule has 0 spiro atoms. The molecule has 0 aliphatic carbocycles. The van der Waals surface area contributed by atoms with E-state index in [9.17, 15) is 14.9 Å². The Labute approximate surface area is 177 Å². The topological polar surface area (TPSA) is 102 Å². The van der Waals surface area contributed by atoms with Crippen molar-refractivity contribution in [2.24, 2.45) is 0 Å². The van der Waals surface area contributed by atoms with Crippen molar-refractivity contribution in [3.63, 3.8) is 0 Å². The first-order chi connectivity index (χ1) is 13.3. The third-order valence-corrected chi connectivity index (χ3v) is 4.93. The minimum atomic E-state index is -0.533. The zero-order chi connectivity index (χ0) is 20.3. The van der Waals surface area contributed by atoms with Gasteiger partial charge in [-0.25, -0.2) is 4.79 Å². The second-order valence-corrected chi connectivity index (χ2v) is 7.32. The number of benzene rings is 2. The number of nitro groups is 1.